The minimum Gasteiger partial charge on any atom is -0.264 e. The van der Waals surface area contributed by atoms with E-state index in [1.165, 1.54) is 0 Å². The summed E-state index contributed by atoms with van der Waals surface area (Å²) in [5.41, 5.74) is 0. The number of hydrogen-bond donors (Lipinski definition) is 0. The van der Waals surface area contributed by atoms with Crippen molar-refractivity contribution < 1.29 is 29.6 Å². The third kappa shape index (κ3) is 1.73. The van der Waals surface area contributed by atoms with Gasteiger partial charge in [0.1, 0.15) is 0 Å². The Balaban J connectivity index is 3.15. The Morgan fingerprint density at radius 1 is 1.00 bits per heavy atom. The van der Waals surface area contributed by atoms with E-state index < -0.39 is 38.3 Å². The second kappa shape index (κ2) is 2.91. The monoisotopic (exact) mass is 220 g/mol. The fourth-order valence-corrected chi connectivity index (χ4v) is 2.85. The maximum atomic E-state index is 12.6. The normalized spacial score (nSPS) is 29.4. The zero-order valence-electron chi connectivity index (χ0n) is 5.64. The second-order valence-corrected chi connectivity index (χ2v) is 5.47. The van der Waals surface area contributed by atoms with Crippen molar-refractivity contribution in [1.82, 2.24) is 0 Å². The standard InChI is InChI=1S/C3H5FO6S2/c4-3-11(5,6)9-1-2-10-12(3,7)8/h3H,1-2H2. The average molecular weight is 220 g/mol. The average Bonchev–Trinajstić information content (AvgIpc) is 2.02. The molecule has 0 aliphatic carbocycles. The molecule has 12 heavy (non-hydrogen) atoms. The highest BCUT2D eigenvalue weighted by atomic mass is 32.3. The first kappa shape index (κ1) is 9.84. The minimum absolute atomic E-state index is 0.498. The van der Waals surface area contributed by atoms with E-state index in [-0.39, 0.29) is 0 Å². The lowest BCUT2D eigenvalue weighted by Gasteiger charge is -2.02. The number of alkyl halides is 1. The van der Waals surface area contributed by atoms with Gasteiger partial charge in [0.05, 0.1) is 13.2 Å². The third-order valence-electron chi connectivity index (χ3n) is 1.03. The highest BCUT2D eigenvalue weighted by Gasteiger charge is 2.42. The molecule has 9 heteroatoms. The number of halogens is 1. The van der Waals surface area contributed by atoms with Crippen LogP contribution in [-0.4, -0.2) is 34.9 Å². The van der Waals surface area contributed by atoms with Crippen LogP contribution in [0.4, 0.5) is 4.39 Å². The van der Waals surface area contributed by atoms with E-state index in [9.17, 15) is 21.2 Å². The van der Waals surface area contributed by atoms with Crippen molar-refractivity contribution in [2.75, 3.05) is 13.2 Å². The molecule has 0 aromatic carbocycles. The molecule has 0 unspecified atom stereocenters. The summed E-state index contributed by atoms with van der Waals surface area (Å²) in [7, 11) is -9.37. The maximum absolute atomic E-state index is 12.6. The van der Waals surface area contributed by atoms with Gasteiger partial charge in [0.2, 0.25) is 0 Å². The molecule has 0 bridgehead atoms. The maximum Gasteiger partial charge on any atom is 0.348 e. The summed E-state index contributed by atoms with van der Waals surface area (Å²) < 4.78 is 62.7. The smallest absolute Gasteiger partial charge is 0.264 e. The van der Waals surface area contributed by atoms with Crippen LogP contribution in [0, 0.1) is 0 Å². The summed E-state index contributed by atoms with van der Waals surface area (Å²) in [6, 6.07) is 0. The van der Waals surface area contributed by atoms with Gasteiger partial charge in [-0.05, 0) is 0 Å². The first-order valence-corrected chi connectivity index (χ1v) is 5.71. The lowest BCUT2D eigenvalue weighted by Crippen LogP contribution is -2.25. The molecule has 1 saturated heterocycles. The molecule has 0 aromatic heterocycles. The molecule has 72 valence electrons. The highest BCUT2D eigenvalue weighted by Crippen LogP contribution is 2.18. The molecule has 1 rings (SSSR count). The fourth-order valence-electron chi connectivity index (χ4n) is 0.552. The predicted molar refractivity (Wildman–Crippen MR) is 34.6 cm³/mol. The third-order valence-corrected chi connectivity index (χ3v) is 4.34. The molecule has 0 atom stereocenters. The van der Waals surface area contributed by atoms with Crippen LogP contribution in [0.1, 0.15) is 0 Å². The van der Waals surface area contributed by atoms with Crippen molar-refractivity contribution in [2.24, 2.45) is 0 Å². The van der Waals surface area contributed by atoms with E-state index in [4.69, 9.17) is 0 Å². The summed E-state index contributed by atoms with van der Waals surface area (Å²) in [5, 5.41) is 0. The SMILES string of the molecule is O=S1(=O)OCCOS(=O)(=O)C1F. The summed E-state index contributed by atoms with van der Waals surface area (Å²) in [6.07, 6.45) is 0. The first-order valence-electron chi connectivity index (χ1n) is 2.77. The highest BCUT2D eigenvalue weighted by molar-refractivity contribution is 8.04. The van der Waals surface area contributed by atoms with E-state index in [1.807, 2.05) is 0 Å². The van der Waals surface area contributed by atoms with Crippen LogP contribution in [0.15, 0.2) is 0 Å². The largest absolute Gasteiger partial charge is 0.348 e. The topological polar surface area (TPSA) is 86.7 Å². The summed E-state index contributed by atoms with van der Waals surface area (Å²) >= 11 is 0. The van der Waals surface area contributed by atoms with E-state index in [1.54, 1.807) is 0 Å². The van der Waals surface area contributed by atoms with Gasteiger partial charge in [-0.1, -0.05) is 0 Å². The fraction of sp³-hybridized carbons (Fsp3) is 1.00. The van der Waals surface area contributed by atoms with Gasteiger partial charge in [0.15, 0.2) is 0 Å². The molecule has 0 N–H and O–H groups in total. The zero-order valence-corrected chi connectivity index (χ0v) is 7.27. The van der Waals surface area contributed by atoms with E-state index in [0.717, 1.165) is 0 Å². The Bertz CT molecular complexity index is 318. The molecule has 1 fully saturated rings. The Morgan fingerprint density at radius 2 is 1.33 bits per heavy atom. The lowest BCUT2D eigenvalue weighted by atomic mass is 10.8. The number of hydrogen-bond acceptors (Lipinski definition) is 6. The Morgan fingerprint density at radius 3 is 1.67 bits per heavy atom. The molecule has 0 radical (unpaired) electrons. The summed E-state index contributed by atoms with van der Waals surface area (Å²) in [5.74, 6) is 0. The van der Waals surface area contributed by atoms with Gasteiger partial charge in [-0.3, -0.25) is 8.37 Å². The minimum atomic E-state index is -4.69. The van der Waals surface area contributed by atoms with Gasteiger partial charge >= 0.3 is 25.1 Å². The summed E-state index contributed by atoms with van der Waals surface area (Å²) in [4.78, 5) is -3.15. The van der Waals surface area contributed by atoms with Crippen molar-refractivity contribution in [3.63, 3.8) is 0 Å². The van der Waals surface area contributed by atoms with Gasteiger partial charge in [0.25, 0.3) is 0 Å². The molecule has 1 aliphatic heterocycles. The van der Waals surface area contributed by atoms with Gasteiger partial charge < -0.3 is 0 Å². The Kier molecular flexibility index (Phi) is 2.38. The van der Waals surface area contributed by atoms with E-state index >= 15 is 0 Å². The van der Waals surface area contributed by atoms with Crippen molar-refractivity contribution in [3.05, 3.63) is 0 Å². The van der Waals surface area contributed by atoms with Gasteiger partial charge in [-0.2, -0.15) is 16.8 Å². The lowest BCUT2D eigenvalue weighted by molar-refractivity contribution is 0.237. The van der Waals surface area contributed by atoms with Crippen LogP contribution < -0.4 is 0 Å². The van der Waals surface area contributed by atoms with Crippen molar-refractivity contribution in [2.45, 2.75) is 4.84 Å². The molecule has 0 amide bonds. The molecule has 0 aromatic rings. The van der Waals surface area contributed by atoms with Crippen LogP contribution in [0.2, 0.25) is 0 Å². The van der Waals surface area contributed by atoms with E-state index in [2.05, 4.69) is 8.37 Å². The molecular weight excluding hydrogens is 215 g/mol. The van der Waals surface area contributed by atoms with Gasteiger partial charge in [-0.25, -0.2) is 4.39 Å². The molecule has 6 nitrogen and oxygen atoms in total. The predicted octanol–water partition coefficient (Wildman–Crippen LogP) is -1.05. The van der Waals surface area contributed by atoms with Gasteiger partial charge in [0, 0.05) is 0 Å². The van der Waals surface area contributed by atoms with Crippen LogP contribution in [0.25, 0.3) is 0 Å². The van der Waals surface area contributed by atoms with Crippen LogP contribution in [-0.2, 0) is 28.6 Å². The van der Waals surface area contributed by atoms with Crippen LogP contribution in [0.5, 0.6) is 0 Å². The number of rotatable bonds is 0. The molecule has 0 spiro atoms. The molecule has 0 saturated carbocycles. The van der Waals surface area contributed by atoms with Crippen molar-refractivity contribution >= 4 is 20.2 Å². The van der Waals surface area contributed by atoms with Crippen molar-refractivity contribution in [1.29, 1.82) is 0 Å². The Labute approximate surface area is 68.5 Å². The van der Waals surface area contributed by atoms with Crippen LogP contribution in [0.3, 0.4) is 0 Å². The molecule has 1 heterocycles. The second-order valence-electron chi connectivity index (χ2n) is 1.90. The Hall–Kier alpha value is -0.250. The van der Waals surface area contributed by atoms with Crippen LogP contribution >= 0.6 is 0 Å². The van der Waals surface area contributed by atoms with E-state index in [0.29, 0.717) is 0 Å². The molecular formula is C3H5FO6S2. The quantitative estimate of drug-likeness (QED) is 0.484. The van der Waals surface area contributed by atoms with Gasteiger partial charge in [-0.15, -0.1) is 0 Å². The van der Waals surface area contributed by atoms with Crippen molar-refractivity contribution in [3.8, 4) is 0 Å². The molecule has 1 aliphatic rings. The summed E-state index contributed by atoms with van der Waals surface area (Å²) in [6.45, 7) is -0.996. The first-order chi connectivity index (χ1) is 5.36. The zero-order chi connectivity index (χ0) is 9.41.